The molecular formula is C13H12BrN3S2. The SMILES string of the molecule is CCCSc1nn2cc(-c3cccc(Br)c3)nc2s1. The Morgan fingerprint density at radius 1 is 1.42 bits per heavy atom. The highest BCUT2D eigenvalue weighted by atomic mass is 79.9. The van der Waals surface area contributed by atoms with Crippen LogP contribution >= 0.6 is 39.0 Å². The first-order chi connectivity index (χ1) is 9.26. The van der Waals surface area contributed by atoms with Crippen LogP contribution in [0.2, 0.25) is 0 Å². The Kier molecular flexibility index (Phi) is 3.91. The Bertz CT molecular complexity index is 673. The smallest absolute Gasteiger partial charge is 0.213 e. The van der Waals surface area contributed by atoms with Gasteiger partial charge in [0, 0.05) is 15.8 Å². The van der Waals surface area contributed by atoms with Crippen LogP contribution in [0.4, 0.5) is 0 Å². The van der Waals surface area contributed by atoms with Gasteiger partial charge in [-0.05, 0) is 18.6 Å². The summed E-state index contributed by atoms with van der Waals surface area (Å²) in [6.07, 6.45) is 3.15. The number of aromatic nitrogens is 3. The molecule has 0 aliphatic carbocycles. The average Bonchev–Trinajstić information content (AvgIpc) is 2.94. The van der Waals surface area contributed by atoms with Crippen LogP contribution < -0.4 is 0 Å². The molecule has 98 valence electrons. The lowest BCUT2D eigenvalue weighted by atomic mass is 10.2. The van der Waals surface area contributed by atoms with Gasteiger partial charge in [-0.15, -0.1) is 5.10 Å². The van der Waals surface area contributed by atoms with Gasteiger partial charge in [0.25, 0.3) is 0 Å². The summed E-state index contributed by atoms with van der Waals surface area (Å²) in [5.41, 5.74) is 2.07. The summed E-state index contributed by atoms with van der Waals surface area (Å²) < 4.78 is 4.03. The molecule has 0 amide bonds. The number of rotatable bonds is 4. The standard InChI is InChI=1S/C13H12BrN3S2/c1-2-6-18-13-16-17-8-11(15-12(17)19-13)9-4-3-5-10(14)7-9/h3-5,7-8H,2,6H2,1H3. The second-order valence-electron chi connectivity index (χ2n) is 4.08. The van der Waals surface area contributed by atoms with Crippen molar-refractivity contribution >= 4 is 44.0 Å². The highest BCUT2D eigenvalue weighted by Gasteiger charge is 2.09. The van der Waals surface area contributed by atoms with Crippen LogP contribution in [0.25, 0.3) is 16.2 Å². The molecule has 0 saturated carbocycles. The van der Waals surface area contributed by atoms with E-state index in [1.165, 1.54) is 0 Å². The summed E-state index contributed by atoms with van der Waals surface area (Å²) in [7, 11) is 0. The Morgan fingerprint density at radius 2 is 2.32 bits per heavy atom. The Labute approximate surface area is 128 Å². The minimum absolute atomic E-state index is 0.952. The topological polar surface area (TPSA) is 30.2 Å². The molecule has 0 fully saturated rings. The number of thioether (sulfide) groups is 1. The van der Waals surface area contributed by atoms with Crippen LogP contribution in [-0.2, 0) is 0 Å². The minimum Gasteiger partial charge on any atom is -0.217 e. The number of benzene rings is 1. The number of nitrogens with zero attached hydrogens (tertiary/aromatic N) is 3. The third kappa shape index (κ3) is 2.85. The van der Waals surface area contributed by atoms with Crippen molar-refractivity contribution in [1.82, 2.24) is 14.6 Å². The van der Waals surface area contributed by atoms with Gasteiger partial charge in [0.1, 0.15) is 0 Å². The first-order valence-corrected chi connectivity index (χ1v) is 8.60. The zero-order valence-electron chi connectivity index (χ0n) is 10.3. The van der Waals surface area contributed by atoms with Crippen LogP contribution in [0.15, 0.2) is 39.3 Å². The quantitative estimate of drug-likeness (QED) is 0.635. The van der Waals surface area contributed by atoms with Crippen LogP contribution in [0.5, 0.6) is 0 Å². The normalized spacial score (nSPS) is 11.3. The Hall–Kier alpha value is -0.850. The van der Waals surface area contributed by atoms with Gasteiger partial charge in [-0.25, -0.2) is 9.50 Å². The highest BCUT2D eigenvalue weighted by Crippen LogP contribution is 2.28. The zero-order valence-corrected chi connectivity index (χ0v) is 13.6. The summed E-state index contributed by atoms with van der Waals surface area (Å²) in [6, 6.07) is 8.16. The molecule has 2 heterocycles. The van der Waals surface area contributed by atoms with E-state index in [1.54, 1.807) is 23.1 Å². The second kappa shape index (κ2) is 5.64. The highest BCUT2D eigenvalue weighted by molar-refractivity contribution is 9.10. The van der Waals surface area contributed by atoms with Crippen molar-refractivity contribution in [3.8, 4) is 11.3 Å². The molecule has 0 unspecified atom stereocenters. The maximum absolute atomic E-state index is 4.64. The van der Waals surface area contributed by atoms with Crippen molar-refractivity contribution in [1.29, 1.82) is 0 Å². The molecule has 0 atom stereocenters. The van der Waals surface area contributed by atoms with Crippen molar-refractivity contribution in [3.63, 3.8) is 0 Å². The van der Waals surface area contributed by atoms with Crippen LogP contribution in [-0.4, -0.2) is 20.4 Å². The van der Waals surface area contributed by atoms with E-state index in [4.69, 9.17) is 0 Å². The summed E-state index contributed by atoms with van der Waals surface area (Å²) in [5.74, 6) is 1.11. The van der Waals surface area contributed by atoms with Gasteiger partial charge in [-0.1, -0.05) is 58.1 Å². The van der Waals surface area contributed by atoms with E-state index in [2.05, 4.69) is 45.1 Å². The summed E-state index contributed by atoms with van der Waals surface area (Å²) in [6.45, 7) is 2.18. The van der Waals surface area contributed by atoms with Gasteiger partial charge in [0.05, 0.1) is 11.9 Å². The molecule has 3 rings (SSSR count). The van der Waals surface area contributed by atoms with Crippen molar-refractivity contribution in [2.24, 2.45) is 0 Å². The molecule has 19 heavy (non-hydrogen) atoms. The molecule has 1 aromatic carbocycles. The minimum atomic E-state index is 0.952. The fourth-order valence-corrected chi connectivity index (χ4v) is 3.97. The lowest BCUT2D eigenvalue weighted by molar-refractivity contribution is 0.914. The molecule has 0 radical (unpaired) electrons. The fourth-order valence-electron chi connectivity index (χ4n) is 1.72. The lowest BCUT2D eigenvalue weighted by Crippen LogP contribution is -1.81. The molecule has 0 bridgehead atoms. The lowest BCUT2D eigenvalue weighted by Gasteiger charge is -1.96. The average molecular weight is 354 g/mol. The Morgan fingerprint density at radius 3 is 3.05 bits per heavy atom. The van der Waals surface area contributed by atoms with E-state index in [1.807, 2.05) is 22.8 Å². The number of hydrogen-bond acceptors (Lipinski definition) is 4. The van der Waals surface area contributed by atoms with Crippen LogP contribution in [0, 0.1) is 0 Å². The molecule has 0 aliphatic heterocycles. The number of fused-ring (bicyclic) bond motifs is 1. The fraction of sp³-hybridized carbons (Fsp3) is 0.231. The monoisotopic (exact) mass is 353 g/mol. The molecule has 3 aromatic rings. The maximum Gasteiger partial charge on any atom is 0.213 e. The second-order valence-corrected chi connectivity index (χ2v) is 7.29. The predicted octanol–water partition coefficient (Wildman–Crippen LogP) is 4.72. The van der Waals surface area contributed by atoms with E-state index >= 15 is 0 Å². The van der Waals surface area contributed by atoms with Crippen LogP contribution in [0.1, 0.15) is 13.3 Å². The first kappa shape index (κ1) is 13.1. The molecular weight excluding hydrogens is 342 g/mol. The molecule has 2 aromatic heterocycles. The largest absolute Gasteiger partial charge is 0.217 e. The van der Waals surface area contributed by atoms with E-state index in [0.29, 0.717) is 0 Å². The van der Waals surface area contributed by atoms with Gasteiger partial charge >= 0.3 is 0 Å². The van der Waals surface area contributed by atoms with Gasteiger partial charge < -0.3 is 0 Å². The van der Waals surface area contributed by atoms with E-state index in [-0.39, 0.29) is 0 Å². The molecule has 0 spiro atoms. The van der Waals surface area contributed by atoms with E-state index < -0.39 is 0 Å². The molecule has 0 aliphatic rings. The van der Waals surface area contributed by atoms with Gasteiger partial charge in [0.2, 0.25) is 4.96 Å². The third-order valence-electron chi connectivity index (χ3n) is 2.57. The zero-order chi connectivity index (χ0) is 13.2. The Balaban J connectivity index is 1.92. The molecule has 6 heteroatoms. The maximum atomic E-state index is 4.64. The predicted molar refractivity (Wildman–Crippen MR) is 85.0 cm³/mol. The summed E-state index contributed by atoms with van der Waals surface area (Å²) in [5, 5.41) is 4.54. The van der Waals surface area contributed by atoms with Crippen LogP contribution in [0.3, 0.4) is 0 Å². The van der Waals surface area contributed by atoms with E-state index in [9.17, 15) is 0 Å². The van der Waals surface area contributed by atoms with Gasteiger partial charge in [-0.3, -0.25) is 0 Å². The molecule has 0 saturated heterocycles. The van der Waals surface area contributed by atoms with Gasteiger partial charge in [0.15, 0.2) is 4.34 Å². The van der Waals surface area contributed by atoms with Crippen molar-refractivity contribution in [2.45, 2.75) is 17.7 Å². The number of hydrogen-bond donors (Lipinski definition) is 0. The number of halogens is 1. The first-order valence-electron chi connectivity index (χ1n) is 6.01. The molecule has 3 nitrogen and oxygen atoms in total. The van der Waals surface area contributed by atoms with Gasteiger partial charge in [-0.2, -0.15) is 0 Å². The van der Waals surface area contributed by atoms with Crippen molar-refractivity contribution < 1.29 is 0 Å². The number of imidazole rings is 1. The third-order valence-corrected chi connectivity index (χ3v) is 5.33. The van der Waals surface area contributed by atoms with Crippen molar-refractivity contribution in [2.75, 3.05) is 5.75 Å². The molecule has 0 N–H and O–H groups in total. The van der Waals surface area contributed by atoms with E-state index in [0.717, 1.165) is 37.2 Å². The van der Waals surface area contributed by atoms with Crippen molar-refractivity contribution in [3.05, 3.63) is 34.9 Å². The summed E-state index contributed by atoms with van der Waals surface area (Å²) in [4.78, 5) is 5.59. The summed E-state index contributed by atoms with van der Waals surface area (Å²) >= 11 is 6.93.